The van der Waals surface area contributed by atoms with Crippen LogP contribution >= 0.6 is 0 Å². The molecule has 3 N–H and O–H groups in total. The molecule has 0 saturated heterocycles. The van der Waals surface area contributed by atoms with Crippen molar-refractivity contribution >= 4 is 6.03 Å². The van der Waals surface area contributed by atoms with E-state index in [1.54, 1.807) is 4.90 Å². The Bertz CT molecular complexity index is 1100. The van der Waals surface area contributed by atoms with Crippen molar-refractivity contribution in [3.8, 4) is 0 Å². The molecule has 3 aliphatic rings. The van der Waals surface area contributed by atoms with Gasteiger partial charge < -0.3 is 15.2 Å². The Hall–Kier alpha value is -2.83. The van der Waals surface area contributed by atoms with Crippen molar-refractivity contribution in [1.29, 1.82) is 0 Å². The maximum atomic E-state index is 12.9. The fourth-order valence-corrected chi connectivity index (χ4v) is 5.21. The molecule has 7 heteroatoms. The minimum absolute atomic E-state index is 0.0117. The lowest BCUT2D eigenvalue weighted by Gasteiger charge is -2.35. The first kappa shape index (κ1) is 17.3. The van der Waals surface area contributed by atoms with E-state index in [-0.39, 0.29) is 30.6 Å². The molecular weight excluding hydrogens is 356 g/mol. The van der Waals surface area contributed by atoms with E-state index in [9.17, 15) is 14.4 Å². The van der Waals surface area contributed by atoms with Crippen LogP contribution in [0, 0.1) is 0 Å². The number of rotatable bonds is 1. The van der Waals surface area contributed by atoms with Gasteiger partial charge in [0.25, 0.3) is 5.56 Å². The van der Waals surface area contributed by atoms with Crippen LogP contribution in [0.25, 0.3) is 0 Å². The van der Waals surface area contributed by atoms with E-state index in [2.05, 4.69) is 47.3 Å². The average Bonchev–Trinajstić information content (AvgIpc) is 3.21. The second kappa shape index (κ2) is 5.83. The minimum atomic E-state index is -0.535. The lowest BCUT2D eigenvalue weighted by molar-refractivity contribution is 0.193. The summed E-state index contributed by atoms with van der Waals surface area (Å²) in [5.41, 5.74) is 4.27. The molecule has 2 aliphatic carbocycles. The van der Waals surface area contributed by atoms with Gasteiger partial charge in [0, 0.05) is 5.69 Å². The van der Waals surface area contributed by atoms with E-state index in [4.69, 9.17) is 0 Å². The summed E-state index contributed by atoms with van der Waals surface area (Å²) in [6.07, 6.45) is 3.23. The quantitative estimate of drug-likeness (QED) is 0.708. The first-order valence-corrected chi connectivity index (χ1v) is 9.86. The van der Waals surface area contributed by atoms with Gasteiger partial charge in [-0.05, 0) is 47.3 Å². The standard InChI is InChI=1S/C21H24N4O3/c1-21(2)7-6-11-8-15(12-4-3-5-14(21)17(11)12)23-20(28)25-9-13-16(10-25)22-19(27)24-18(13)26/h3-5,11,15H,6-10H2,1-2H3,(H,23,28)(H2,22,24,26,27). The zero-order valence-corrected chi connectivity index (χ0v) is 16.1. The normalized spacial score (nSPS) is 24.0. The van der Waals surface area contributed by atoms with E-state index >= 15 is 0 Å². The number of carbonyl (C=O) groups excluding carboxylic acids is 1. The molecular formula is C21H24N4O3. The Kier molecular flexibility index (Phi) is 3.60. The van der Waals surface area contributed by atoms with Crippen molar-refractivity contribution in [2.75, 3.05) is 0 Å². The van der Waals surface area contributed by atoms with Gasteiger partial charge in [0.15, 0.2) is 0 Å². The van der Waals surface area contributed by atoms with Gasteiger partial charge in [0.1, 0.15) is 0 Å². The number of aromatic amines is 2. The van der Waals surface area contributed by atoms with E-state index in [0.717, 1.165) is 19.3 Å². The Morgan fingerprint density at radius 1 is 1.21 bits per heavy atom. The number of amides is 2. The second-order valence-corrected chi connectivity index (χ2v) is 8.89. The topological polar surface area (TPSA) is 98.1 Å². The number of aromatic nitrogens is 2. The summed E-state index contributed by atoms with van der Waals surface area (Å²) in [6, 6.07) is 6.25. The molecule has 0 radical (unpaired) electrons. The summed E-state index contributed by atoms with van der Waals surface area (Å²) in [5.74, 6) is 0.500. The molecule has 0 bridgehead atoms. The summed E-state index contributed by atoms with van der Waals surface area (Å²) in [7, 11) is 0. The highest BCUT2D eigenvalue weighted by Crippen LogP contribution is 2.52. The van der Waals surface area contributed by atoms with Gasteiger partial charge in [-0.15, -0.1) is 0 Å². The van der Waals surface area contributed by atoms with Crippen molar-refractivity contribution in [2.24, 2.45) is 0 Å². The van der Waals surface area contributed by atoms with E-state index in [0.29, 0.717) is 17.2 Å². The Balaban J connectivity index is 1.39. The van der Waals surface area contributed by atoms with Crippen LogP contribution in [0.4, 0.5) is 4.79 Å². The van der Waals surface area contributed by atoms with E-state index in [1.807, 2.05) is 0 Å². The molecule has 1 aromatic carbocycles. The van der Waals surface area contributed by atoms with Crippen LogP contribution in [-0.4, -0.2) is 20.9 Å². The second-order valence-electron chi connectivity index (χ2n) is 8.89. The summed E-state index contributed by atoms with van der Waals surface area (Å²) >= 11 is 0. The number of hydrogen-bond donors (Lipinski definition) is 3. The van der Waals surface area contributed by atoms with Crippen molar-refractivity contribution in [3.63, 3.8) is 0 Å². The highest BCUT2D eigenvalue weighted by atomic mass is 16.2. The monoisotopic (exact) mass is 380 g/mol. The summed E-state index contributed by atoms with van der Waals surface area (Å²) in [4.78, 5) is 42.8. The maximum absolute atomic E-state index is 12.9. The Morgan fingerprint density at radius 3 is 2.86 bits per heavy atom. The van der Waals surface area contributed by atoms with E-state index < -0.39 is 11.2 Å². The van der Waals surface area contributed by atoms with E-state index in [1.165, 1.54) is 16.7 Å². The summed E-state index contributed by atoms with van der Waals surface area (Å²) in [5, 5.41) is 3.18. The van der Waals surface area contributed by atoms with Crippen molar-refractivity contribution in [3.05, 3.63) is 67.0 Å². The number of H-pyrrole nitrogens is 2. The third-order valence-electron chi connectivity index (χ3n) is 6.70. The molecule has 0 saturated carbocycles. The number of carbonyl (C=O) groups is 1. The zero-order chi connectivity index (χ0) is 19.6. The van der Waals surface area contributed by atoms with Gasteiger partial charge in [0.2, 0.25) is 0 Å². The van der Waals surface area contributed by atoms with Crippen LogP contribution in [0.15, 0.2) is 27.8 Å². The predicted octanol–water partition coefficient (Wildman–Crippen LogP) is 2.39. The van der Waals surface area contributed by atoms with Crippen molar-refractivity contribution in [2.45, 2.75) is 63.6 Å². The Labute approximate surface area is 162 Å². The van der Waals surface area contributed by atoms with Crippen LogP contribution in [0.2, 0.25) is 0 Å². The molecule has 1 aromatic heterocycles. The third kappa shape index (κ3) is 2.52. The van der Waals surface area contributed by atoms with Crippen LogP contribution in [0.3, 0.4) is 0 Å². The number of urea groups is 1. The van der Waals surface area contributed by atoms with Gasteiger partial charge >= 0.3 is 11.7 Å². The van der Waals surface area contributed by atoms with Gasteiger partial charge in [-0.3, -0.25) is 9.78 Å². The number of benzene rings is 1. The van der Waals surface area contributed by atoms with Crippen LogP contribution in [0.1, 0.15) is 73.0 Å². The number of nitrogens with one attached hydrogen (secondary N) is 3. The molecule has 146 valence electrons. The first-order chi connectivity index (χ1) is 13.3. The molecule has 5 rings (SSSR count). The average molecular weight is 380 g/mol. The molecule has 7 nitrogen and oxygen atoms in total. The fourth-order valence-electron chi connectivity index (χ4n) is 5.21. The number of fused-ring (bicyclic) bond motifs is 1. The molecule has 2 amide bonds. The molecule has 2 atom stereocenters. The van der Waals surface area contributed by atoms with Gasteiger partial charge in [-0.25, -0.2) is 9.59 Å². The van der Waals surface area contributed by atoms with Crippen LogP contribution in [-0.2, 0) is 18.5 Å². The molecule has 2 aromatic rings. The first-order valence-electron chi connectivity index (χ1n) is 9.86. The highest BCUT2D eigenvalue weighted by molar-refractivity contribution is 5.76. The number of nitrogens with zero attached hydrogens (tertiary/aromatic N) is 1. The molecule has 0 fully saturated rings. The zero-order valence-electron chi connectivity index (χ0n) is 16.1. The van der Waals surface area contributed by atoms with Gasteiger partial charge in [-0.2, -0.15) is 0 Å². The summed E-state index contributed by atoms with van der Waals surface area (Å²) in [6.45, 7) is 5.05. The smallest absolute Gasteiger partial charge is 0.325 e. The van der Waals surface area contributed by atoms with Crippen LogP contribution in [0.5, 0.6) is 0 Å². The predicted molar refractivity (Wildman–Crippen MR) is 104 cm³/mol. The molecule has 2 unspecified atom stereocenters. The van der Waals surface area contributed by atoms with Crippen molar-refractivity contribution in [1.82, 2.24) is 20.2 Å². The highest BCUT2D eigenvalue weighted by Gasteiger charge is 2.41. The Morgan fingerprint density at radius 2 is 2.04 bits per heavy atom. The molecule has 0 spiro atoms. The van der Waals surface area contributed by atoms with Crippen LogP contribution < -0.4 is 16.6 Å². The number of hydrogen-bond acceptors (Lipinski definition) is 3. The largest absolute Gasteiger partial charge is 0.331 e. The maximum Gasteiger partial charge on any atom is 0.325 e. The lowest BCUT2D eigenvalue weighted by atomic mass is 9.69. The van der Waals surface area contributed by atoms with Gasteiger partial charge in [-0.1, -0.05) is 32.0 Å². The SMILES string of the molecule is CC1(C)CCC2CC(NC(=O)N3Cc4[nH]c(=O)[nH]c(=O)c4C3)c3cccc1c32. The minimum Gasteiger partial charge on any atom is -0.331 e. The third-order valence-corrected chi connectivity index (χ3v) is 6.70. The lowest BCUT2D eigenvalue weighted by Crippen LogP contribution is -2.38. The van der Waals surface area contributed by atoms with Gasteiger partial charge in [0.05, 0.1) is 24.7 Å². The summed E-state index contributed by atoms with van der Waals surface area (Å²) < 4.78 is 0. The molecule has 28 heavy (non-hydrogen) atoms. The molecule has 1 aliphatic heterocycles. The van der Waals surface area contributed by atoms with Crippen molar-refractivity contribution < 1.29 is 4.79 Å². The molecule has 2 heterocycles. The fraction of sp³-hybridized carbons (Fsp3) is 0.476.